The molecule has 1 aliphatic rings. The SMILES string of the molecule is Cc1nc(C(=O)N(C)C)nc(N2CC[C@@H](NC(=O)CCl)C2)c1C. The molecule has 0 saturated carbocycles. The van der Waals surface area contributed by atoms with Crippen LogP contribution in [0.4, 0.5) is 5.82 Å². The van der Waals surface area contributed by atoms with Gasteiger partial charge >= 0.3 is 0 Å². The lowest BCUT2D eigenvalue weighted by Gasteiger charge is -2.22. The lowest BCUT2D eigenvalue weighted by molar-refractivity contribution is -0.119. The predicted octanol–water partition coefficient (Wildman–Crippen LogP) is 0.729. The minimum atomic E-state index is -0.222. The number of anilines is 1. The molecule has 0 aromatic carbocycles. The molecule has 1 aromatic heterocycles. The topological polar surface area (TPSA) is 78.4 Å². The Bertz CT molecular complexity index is 620. The molecule has 1 N–H and O–H groups in total. The second-order valence-corrected chi connectivity index (χ2v) is 6.18. The fourth-order valence-electron chi connectivity index (χ4n) is 2.55. The molecule has 1 atom stereocenters. The van der Waals surface area contributed by atoms with E-state index in [1.165, 1.54) is 4.90 Å². The third kappa shape index (κ3) is 3.90. The average molecular weight is 340 g/mol. The molecule has 0 unspecified atom stereocenters. The van der Waals surface area contributed by atoms with Crippen molar-refractivity contribution in [3.8, 4) is 0 Å². The Labute approximate surface area is 141 Å². The first-order valence-electron chi connectivity index (χ1n) is 7.50. The molecule has 0 bridgehead atoms. The molecule has 1 saturated heterocycles. The van der Waals surface area contributed by atoms with Crippen LogP contribution in [0.1, 0.15) is 28.3 Å². The number of aromatic nitrogens is 2. The Kier molecular flexibility index (Phi) is 5.41. The van der Waals surface area contributed by atoms with Crippen molar-refractivity contribution in [1.82, 2.24) is 20.2 Å². The van der Waals surface area contributed by atoms with Gasteiger partial charge in [0.25, 0.3) is 5.91 Å². The summed E-state index contributed by atoms with van der Waals surface area (Å²) in [5, 5.41) is 2.89. The van der Waals surface area contributed by atoms with Crippen molar-refractivity contribution < 1.29 is 9.59 Å². The molecule has 126 valence electrons. The van der Waals surface area contributed by atoms with Crippen LogP contribution < -0.4 is 10.2 Å². The number of carbonyl (C=O) groups is 2. The smallest absolute Gasteiger partial charge is 0.291 e. The minimum Gasteiger partial charge on any atom is -0.354 e. The van der Waals surface area contributed by atoms with E-state index in [0.29, 0.717) is 6.54 Å². The second kappa shape index (κ2) is 7.12. The molecule has 1 aliphatic heterocycles. The number of aryl methyl sites for hydroxylation is 1. The number of carbonyl (C=O) groups excluding carboxylic acids is 2. The molecule has 7 nitrogen and oxygen atoms in total. The van der Waals surface area contributed by atoms with Crippen LogP contribution in [0.15, 0.2) is 0 Å². The molecule has 1 fully saturated rings. The van der Waals surface area contributed by atoms with Gasteiger partial charge in [0.05, 0.1) is 0 Å². The predicted molar refractivity (Wildman–Crippen MR) is 89.0 cm³/mol. The van der Waals surface area contributed by atoms with Gasteiger partial charge in [-0.1, -0.05) is 0 Å². The quantitative estimate of drug-likeness (QED) is 0.818. The minimum absolute atomic E-state index is 0.0381. The number of amides is 2. The van der Waals surface area contributed by atoms with Crippen molar-refractivity contribution in [2.45, 2.75) is 26.3 Å². The van der Waals surface area contributed by atoms with Crippen LogP contribution in [0.3, 0.4) is 0 Å². The van der Waals surface area contributed by atoms with Crippen LogP contribution in [-0.4, -0.2) is 65.8 Å². The average Bonchev–Trinajstić information content (AvgIpc) is 2.96. The van der Waals surface area contributed by atoms with E-state index in [4.69, 9.17) is 11.6 Å². The van der Waals surface area contributed by atoms with Gasteiger partial charge in [0.1, 0.15) is 11.7 Å². The first kappa shape index (κ1) is 17.5. The van der Waals surface area contributed by atoms with Crippen molar-refractivity contribution in [1.29, 1.82) is 0 Å². The number of rotatable bonds is 4. The number of alkyl halides is 1. The van der Waals surface area contributed by atoms with E-state index in [0.717, 1.165) is 30.0 Å². The summed E-state index contributed by atoms with van der Waals surface area (Å²) < 4.78 is 0. The van der Waals surface area contributed by atoms with Crippen LogP contribution in [0.5, 0.6) is 0 Å². The molecular formula is C15H22ClN5O2. The molecule has 23 heavy (non-hydrogen) atoms. The van der Waals surface area contributed by atoms with Crippen molar-refractivity contribution in [2.75, 3.05) is 38.0 Å². The van der Waals surface area contributed by atoms with E-state index in [1.807, 2.05) is 13.8 Å². The maximum atomic E-state index is 12.1. The highest BCUT2D eigenvalue weighted by Gasteiger charge is 2.27. The van der Waals surface area contributed by atoms with Crippen LogP contribution in [-0.2, 0) is 4.79 Å². The molecule has 0 aliphatic carbocycles. The van der Waals surface area contributed by atoms with E-state index in [1.54, 1.807) is 14.1 Å². The Balaban J connectivity index is 2.23. The Morgan fingerprint density at radius 2 is 2.04 bits per heavy atom. The van der Waals surface area contributed by atoms with Gasteiger partial charge in [-0.3, -0.25) is 9.59 Å². The van der Waals surface area contributed by atoms with Gasteiger partial charge in [-0.05, 0) is 20.3 Å². The molecule has 8 heteroatoms. The largest absolute Gasteiger partial charge is 0.354 e. The first-order valence-corrected chi connectivity index (χ1v) is 8.04. The van der Waals surface area contributed by atoms with E-state index in [9.17, 15) is 9.59 Å². The fraction of sp³-hybridized carbons (Fsp3) is 0.600. The third-order valence-electron chi connectivity index (χ3n) is 3.94. The summed E-state index contributed by atoms with van der Waals surface area (Å²) in [6.45, 7) is 5.23. The van der Waals surface area contributed by atoms with Crippen molar-refractivity contribution >= 4 is 29.2 Å². The zero-order chi connectivity index (χ0) is 17.1. The van der Waals surface area contributed by atoms with Gasteiger partial charge in [0.15, 0.2) is 0 Å². The zero-order valence-corrected chi connectivity index (χ0v) is 14.6. The standard InChI is InChI=1S/C15H22ClN5O2/c1-9-10(2)17-13(15(23)20(3)4)19-14(9)21-6-5-11(8-21)18-12(22)7-16/h11H,5-8H2,1-4H3,(H,18,22)/t11-/m1/s1. The fourth-order valence-corrected chi connectivity index (χ4v) is 2.63. The van der Waals surface area contributed by atoms with Gasteiger partial charge in [-0.25, -0.2) is 9.97 Å². The third-order valence-corrected chi connectivity index (χ3v) is 4.18. The molecule has 0 radical (unpaired) electrons. The molecule has 0 spiro atoms. The van der Waals surface area contributed by atoms with E-state index < -0.39 is 0 Å². The lowest BCUT2D eigenvalue weighted by atomic mass is 10.2. The molecule has 2 heterocycles. The maximum absolute atomic E-state index is 12.1. The highest BCUT2D eigenvalue weighted by molar-refractivity contribution is 6.27. The number of hydrogen-bond donors (Lipinski definition) is 1. The Morgan fingerprint density at radius 3 is 2.65 bits per heavy atom. The summed E-state index contributed by atoms with van der Waals surface area (Å²) in [5.74, 6) is 0.522. The second-order valence-electron chi connectivity index (χ2n) is 5.91. The summed E-state index contributed by atoms with van der Waals surface area (Å²) in [4.78, 5) is 35.8. The van der Waals surface area contributed by atoms with Gasteiger partial charge in [0, 0.05) is 44.5 Å². The van der Waals surface area contributed by atoms with E-state index in [2.05, 4.69) is 20.2 Å². The maximum Gasteiger partial charge on any atom is 0.291 e. The van der Waals surface area contributed by atoms with Crippen molar-refractivity contribution in [3.63, 3.8) is 0 Å². The van der Waals surface area contributed by atoms with Gasteiger partial charge in [0.2, 0.25) is 11.7 Å². The van der Waals surface area contributed by atoms with Gasteiger partial charge < -0.3 is 15.1 Å². The number of hydrogen-bond acceptors (Lipinski definition) is 5. The van der Waals surface area contributed by atoms with Crippen LogP contribution >= 0.6 is 11.6 Å². The summed E-state index contributed by atoms with van der Waals surface area (Å²) in [7, 11) is 3.35. The lowest BCUT2D eigenvalue weighted by Crippen LogP contribution is -2.38. The summed E-state index contributed by atoms with van der Waals surface area (Å²) in [5.41, 5.74) is 1.73. The summed E-state index contributed by atoms with van der Waals surface area (Å²) in [6.07, 6.45) is 0.822. The number of nitrogens with one attached hydrogen (secondary N) is 1. The molecule has 2 amide bonds. The van der Waals surface area contributed by atoms with Crippen molar-refractivity contribution in [3.05, 3.63) is 17.1 Å². The summed E-state index contributed by atoms with van der Waals surface area (Å²) in [6, 6.07) is 0.0453. The highest BCUT2D eigenvalue weighted by atomic mass is 35.5. The molecular weight excluding hydrogens is 318 g/mol. The first-order chi connectivity index (χ1) is 10.8. The van der Waals surface area contributed by atoms with E-state index >= 15 is 0 Å². The van der Waals surface area contributed by atoms with E-state index in [-0.39, 0.29) is 29.6 Å². The van der Waals surface area contributed by atoms with Gasteiger partial charge in [-0.2, -0.15) is 0 Å². The monoisotopic (exact) mass is 339 g/mol. The highest BCUT2D eigenvalue weighted by Crippen LogP contribution is 2.24. The van der Waals surface area contributed by atoms with Crippen LogP contribution in [0, 0.1) is 13.8 Å². The van der Waals surface area contributed by atoms with Crippen LogP contribution in [0.2, 0.25) is 0 Å². The molecule has 2 rings (SSSR count). The Morgan fingerprint density at radius 1 is 1.35 bits per heavy atom. The molecule has 1 aromatic rings. The van der Waals surface area contributed by atoms with Crippen molar-refractivity contribution in [2.24, 2.45) is 0 Å². The normalized spacial score (nSPS) is 17.3. The summed E-state index contributed by atoms with van der Waals surface area (Å²) >= 11 is 5.53. The van der Waals surface area contributed by atoms with Gasteiger partial charge in [-0.15, -0.1) is 11.6 Å². The van der Waals surface area contributed by atoms with Crippen LogP contribution in [0.25, 0.3) is 0 Å². The Hall–Kier alpha value is -1.89. The number of nitrogens with zero attached hydrogens (tertiary/aromatic N) is 4. The zero-order valence-electron chi connectivity index (χ0n) is 13.9. The number of halogens is 1.